The standard InChI is InChI=1S/C11H7F3N2O2S/c1-5-8(10(17)18)19-9(16-5)7-3-2-6(4-15-7)11(12,13)14/h2-4H,1H3,(H,17,18). The van der Waals surface area contributed by atoms with Crippen LogP contribution in [0.15, 0.2) is 18.3 Å². The number of aryl methyl sites for hydroxylation is 1. The van der Waals surface area contributed by atoms with Gasteiger partial charge in [-0.05, 0) is 19.1 Å². The Morgan fingerprint density at radius 1 is 1.37 bits per heavy atom. The molecular formula is C11H7F3N2O2S. The van der Waals surface area contributed by atoms with Crippen LogP contribution in [0.25, 0.3) is 10.7 Å². The molecule has 2 rings (SSSR count). The van der Waals surface area contributed by atoms with Crippen LogP contribution in [0.3, 0.4) is 0 Å². The summed E-state index contributed by atoms with van der Waals surface area (Å²) in [6, 6.07) is 2.06. The Labute approximate surface area is 109 Å². The number of aromatic nitrogens is 2. The molecule has 0 fully saturated rings. The predicted octanol–water partition coefficient (Wildman–Crippen LogP) is 3.23. The summed E-state index contributed by atoms with van der Waals surface area (Å²) >= 11 is 0.880. The van der Waals surface area contributed by atoms with Gasteiger partial charge in [0.25, 0.3) is 0 Å². The Balaban J connectivity index is 2.38. The molecule has 0 amide bonds. The zero-order valence-corrected chi connectivity index (χ0v) is 10.3. The third-order valence-corrected chi connectivity index (χ3v) is 3.47. The maximum absolute atomic E-state index is 12.4. The van der Waals surface area contributed by atoms with E-state index in [1.807, 2.05) is 0 Å². The Morgan fingerprint density at radius 3 is 2.47 bits per heavy atom. The average molecular weight is 288 g/mol. The van der Waals surface area contributed by atoms with Gasteiger partial charge in [0.2, 0.25) is 0 Å². The van der Waals surface area contributed by atoms with E-state index in [0.717, 1.165) is 17.4 Å². The van der Waals surface area contributed by atoms with Crippen LogP contribution in [0, 0.1) is 6.92 Å². The molecule has 2 aromatic rings. The zero-order valence-electron chi connectivity index (χ0n) is 9.52. The highest BCUT2D eigenvalue weighted by Crippen LogP contribution is 2.31. The van der Waals surface area contributed by atoms with Crippen molar-refractivity contribution >= 4 is 17.3 Å². The van der Waals surface area contributed by atoms with Crippen LogP contribution in [-0.4, -0.2) is 21.0 Å². The van der Waals surface area contributed by atoms with E-state index >= 15 is 0 Å². The number of carboxylic acid groups (broad SMARTS) is 1. The number of rotatable bonds is 2. The average Bonchev–Trinajstić information content (AvgIpc) is 2.70. The first kappa shape index (κ1) is 13.5. The molecule has 0 aliphatic carbocycles. The van der Waals surface area contributed by atoms with Crippen molar-refractivity contribution in [3.63, 3.8) is 0 Å². The van der Waals surface area contributed by atoms with Crippen molar-refractivity contribution in [2.45, 2.75) is 13.1 Å². The van der Waals surface area contributed by atoms with Gasteiger partial charge in [0.1, 0.15) is 9.88 Å². The highest BCUT2D eigenvalue weighted by Gasteiger charge is 2.30. The lowest BCUT2D eigenvalue weighted by molar-refractivity contribution is -0.137. The minimum absolute atomic E-state index is 0.0525. The molecule has 0 bridgehead atoms. The second-order valence-corrected chi connectivity index (χ2v) is 4.67. The van der Waals surface area contributed by atoms with Gasteiger partial charge in [0.05, 0.1) is 17.0 Å². The van der Waals surface area contributed by atoms with Gasteiger partial charge in [-0.25, -0.2) is 9.78 Å². The summed E-state index contributed by atoms with van der Waals surface area (Å²) in [4.78, 5) is 18.6. The van der Waals surface area contributed by atoms with E-state index in [0.29, 0.717) is 11.9 Å². The number of carboxylic acids is 1. The highest BCUT2D eigenvalue weighted by molar-refractivity contribution is 7.17. The molecule has 0 spiro atoms. The lowest BCUT2D eigenvalue weighted by Crippen LogP contribution is -2.05. The van der Waals surface area contributed by atoms with Crippen molar-refractivity contribution in [3.8, 4) is 10.7 Å². The van der Waals surface area contributed by atoms with Crippen LogP contribution < -0.4 is 0 Å². The van der Waals surface area contributed by atoms with Crippen molar-refractivity contribution in [3.05, 3.63) is 34.5 Å². The van der Waals surface area contributed by atoms with Crippen LogP contribution in [0.2, 0.25) is 0 Å². The maximum Gasteiger partial charge on any atom is 0.417 e. The molecule has 2 heterocycles. The molecule has 8 heteroatoms. The summed E-state index contributed by atoms with van der Waals surface area (Å²) in [5.41, 5.74) is -0.328. The van der Waals surface area contributed by atoms with Gasteiger partial charge in [0.15, 0.2) is 0 Å². The molecule has 2 aromatic heterocycles. The minimum atomic E-state index is -4.45. The maximum atomic E-state index is 12.4. The molecular weight excluding hydrogens is 281 g/mol. The summed E-state index contributed by atoms with van der Waals surface area (Å²) in [5, 5.41) is 9.16. The van der Waals surface area contributed by atoms with Gasteiger partial charge in [0, 0.05) is 6.20 Å². The normalized spacial score (nSPS) is 11.6. The Morgan fingerprint density at radius 2 is 2.05 bits per heavy atom. The Bertz CT molecular complexity index is 620. The van der Waals surface area contributed by atoms with Crippen molar-refractivity contribution in [2.75, 3.05) is 0 Å². The molecule has 100 valence electrons. The van der Waals surface area contributed by atoms with Gasteiger partial charge in [-0.2, -0.15) is 13.2 Å². The number of carbonyl (C=O) groups is 1. The van der Waals surface area contributed by atoms with Crippen molar-refractivity contribution in [2.24, 2.45) is 0 Å². The summed E-state index contributed by atoms with van der Waals surface area (Å²) in [6.45, 7) is 1.52. The first-order valence-corrected chi connectivity index (χ1v) is 5.85. The van der Waals surface area contributed by atoms with Crippen LogP contribution in [0.5, 0.6) is 0 Å². The number of hydrogen-bond acceptors (Lipinski definition) is 4. The molecule has 0 radical (unpaired) electrons. The molecule has 0 atom stereocenters. The van der Waals surface area contributed by atoms with Crippen LogP contribution >= 0.6 is 11.3 Å². The number of nitrogens with zero attached hydrogens (tertiary/aromatic N) is 2. The van der Waals surface area contributed by atoms with Crippen LogP contribution in [-0.2, 0) is 6.18 Å². The molecule has 0 saturated carbocycles. The number of halogens is 3. The number of hydrogen-bond donors (Lipinski definition) is 1. The van der Waals surface area contributed by atoms with E-state index in [-0.39, 0.29) is 15.6 Å². The highest BCUT2D eigenvalue weighted by atomic mass is 32.1. The quantitative estimate of drug-likeness (QED) is 0.921. The fraction of sp³-hybridized carbons (Fsp3) is 0.182. The topological polar surface area (TPSA) is 63.1 Å². The van der Waals surface area contributed by atoms with Gasteiger partial charge < -0.3 is 5.11 Å². The zero-order chi connectivity index (χ0) is 14.2. The molecule has 0 aliphatic rings. The largest absolute Gasteiger partial charge is 0.477 e. The van der Waals surface area contributed by atoms with Gasteiger partial charge in [-0.1, -0.05) is 0 Å². The summed E-state index contributed by atoms with van der Waals surface area (Å²) < 4.78 is 37.1. The summed E-state index contributed by atoms with van der Waals surface area (Å²) in [6.07, 6.45) is -3.75. The van der Waals surface area contributed by atoms with E-state index in [1.54, 1.807) is 0 Å². The molecule has 0 aromatic carbocycles. The first-order chi connectivity index (χ1) is 8.79. The molecule has 0 unspecified atom stereocenters. The van der Waals surface area contributed by atoms with E-state index in [4.69, 9.17) is 5.11 Å². The number of pyridine rings is 1. The van der Waals surface area contributed by atoms with E-state index < -0.39 is 17.7 Å². The fourth-order valence-corrected chi connectivity index (χ4v) is 2.27. The summed E-state index contributed by atoms with van der Waals surface area (Å²) in [5.74, 6) is -1.12. The Kier molecular flexibility index (Phi) is 3.27. The Hall–Kier alpha value is -1.96. The molecule has 0 aliphatic heterocycles. The minimum Gasteiger partial charge on any atom is -0.477 e. The summed E-state index contributed by atoms with van der Waals surface area (Å²) in [7, 11) is 0. The van der Waals surface area contributed by atoms with Crippen LogP contribution in [0.1, 0.15) is 20.9 Å². The second kappa shape index (κ2) is 4.61. The van der Waals surface area contributed by atoms with E-state index in [1.165, 1.54) is 13.0 Å². The second-order valence-electron chi connectivity index (χ2n) is 3.67. The SMILES string of the molecule is Cc1nc(-c2ccc(C(F)(F)F)cn2)sc1C(=O)O. The number of aromatic carboxylic acids is 1. The van der Waals surface area contributed by atoms with E-state index in [2.05, 4.69) is 9.97 Å². The van der Waals surface area contributed by atoms with Crippen molar-refractivity contribution in [1.82, 2.24) is 9.97 Å². The number of alkyl halides is 3. The smallest absolute Gasteiger partial charge is 0.417 e. The van der Waals surface area contributed by atoms with Crippen LogP contribution in [0.4, 0.5) is 13.2 Å². The van der Waals surface area contributed by atoms with Gasteiger partial charge in [-0.15, -0.1) is 11.3 Å². The number of thiazole rings is 1. The molecule has 0 saturated heterocycles. The van der Waals surface area contributed by atoms with E-state index in [9.17, 15) is 18.0 Å². The first-order valence-electron chi connectivity index (χ1n) is 5.03. The lowest BCUT2D eigenvalue weighted by Gasteiger charge is -2.05. The predicted molar refractivity (Wildman–Crippen MR) is 62.0 cm³/mol. The van der Waals surface area contributed by atoms with Crippen molar-refractivity contribution < 1.29 is 23.1 Å². The molecule has 4 nitrogen and oxygen atoms in total. The molecule has 19 heavy (non-hydrogen) atoms. The third-order valence-electron chi connectivity index (χ3n) is 2.30. The molecule has 1 N–H and O–H groups in total. The van der Waals surface area contributed by atoms with Crippen molar-refractivity contribution in [1.29, 1.82) is 0 Å². The lowest BCUT2D eigenvalue weighted by atomic mass is 10.2. The van der Waals surface area contributed by atoms with Gasteiger partial charge >= 0.3 is 12.1 Å². The fourth-order valence-electron chi connectivity index (χ4n) is 1.39. The van der Waals surface area contributed by atoms with Gasteiger partial charge in [-0.3, -0.25) is 4.98 Å². The third kappa shape index (κ3) is 2.73. The monoisotopic (exact) mass is 288 g/mol.